The molecule has 1 heterocycles. The fraction of sp³-hybridized carbons (Fsp3) is 0.154. The molecular formula is C26H21FN2O2. The first-order valence-corrected chi connectivity index (χ1v) is 9.99. The summed E-state index contributed by atoms with van der Waals surface area (Å²) in [6.45, 7) is 5.57. The van der Waals surface area contributed by atoms with Crippen molar-refractivity contribution in [1.82, 2.24) is 0 Å². The zero-order chi connectivity index (χ0) is 22.1. The van der Waals surface area contributed by atoms with Gasteiger partial charge in [-0.25, -0.2) is 4.39 Å². The van der Waals surface area contributed by atoms with E-state index in [4.69, 9.17) is 4.42 Å². The van der Waals surface area contributed by atoms with Crippen molar-refractivity contribution in [2.24, 2.45) is 0 Å². The van der Waals surface area contributed by atoms with Gasteiger partial charge in [-0.3, -0.25) is 4.79 Å². The molecule has 0 aliphatic heterocycles. The summed E-state index contributed by atoms with van der Waals surface area (Å²) < 4.78 is 20.3. The van der Waals surface area contributed by atoms with Gasteiger partial charge in [0.2, 0.25) is 0 Å². The van der Waals surface area contributed by atoms with Gasteiger partial charge in [-0.2, -0.15) is 5.26 Å². The minimum absolute atomic E-state index is 0.0476. The van der Waals surface area contributed by atoms with Gasteiger partial charge in [-0.05, 0) is 44.5 Å². The molecule has 1 atom stereocenters. The maximum absolute atomic E-state index is 14.0. The van der Waals surface area contributed by atoms with Crippen molar-refractivity contribution >= 4 is 16.7 Å². The normalized spacial score (nSPS) is 11.8. The monoisotopic (exact) mass is 412 g/mol. The number of rotatable bonds is 4. The van der Waals surface area contributed by atoms with E-state index in [9.17, 15) is 14.4 Å². The van der Waals surface area contributed by atoms with Crippen LogP contribution >= 0.6 is 0 Å². The Kier molecular flexibility index (Phi) is 5.31. The van der Waals surface area contributed by atoms with Crippen molar-refractivity contribution in [3.63, 3.8) is 0 Å². The van der Waals surface area contributed by atoms with Crippen molar-refractivity contribution in [2.45, 2.75) is 26.8 Å². The first-order chi connectivity index (χ1) is 14.9. The van der Waals surface area contributed by atoms with E-state index in [0.717, 1.165) is 16.7 Å². The van der Waals surface area contributed by atoms with Gasteiger partial charge in [0.05, 0.1) is 17.1 Å². The van der Waals surface area contributed by atoms with Gasteiger partial charge >= 0.3 is 0 Å². The van der Waals surface area contributed by atoms with Crippen molar-refractivity contribution < 1.29 is 8.81 Å². The molecule has 0 bridgehead atoms. The molecule has 4 rings (SSSR count). The zero-order valence-electron chi connectivity index (χ0n) is 17.5. The van der Waals surface area contributed by atoms with E-state index in [-0.39, 0.29) is 17.0 Å². The molecule has 0 amide bonds. The van der Waals surface area contributed by atoms with E-state index in [2.05, 4.69) is 5.32 Å². The van der Waals surface area contributed by atoms with Crippen LogP contribution in [0.2, 0.25) is 0 Å². The number of nitrogens with zero attached hydrogens (tertiary/aromatic N) is 1. The molecule has 4 nitrogen and oxygen atoms in total. The molecule has 1 aromatic heterocycles. The Morgan fingerprint density at radius 1 is 1.06 bits per heavy atom. The average molecular weight is 412 g/mol. The number of nitriles is 1. The zero-order valence-corrected chi connectivity index (χ0v) is 17.5. The lowest BCUT2D eigenvalue weighted by molar-refractivity contribution is 0.605. The predicted molar refractivity (Wildman–Crippen MR) is 121 cm³/mol. The van der Waals surface area contributed by atoms with E-state index in [1.165, 1.54) is 6.07 Å². The Labute approximate surface area is 179 Å². The number of fused-ring (bicyclic) bond motifs is 1. The van der Waals surface area contributed by atoms with E-state index in [0.29, 0.717) is 28.0 Å². The van der Waals surface area contributed by atoms with Gasteiger partial charge in [-0.15, -0.1) is 0 Å². The predicted octanol–water partition coefficient (Wildman–Crippen LogP) is 6.26. The Morgan fingerprint density at radius 3 is 2.52 bits per heavy atom. The largest absolute Gasteiger partial charge is 0.455 e. The third kappa shape index (κ3) is 3.69. The molecule has 0 radical (unpaired) electrons. The molecule has 0 aliphatic rings. The van der Waals surface area contributed by atoms with Gasteiger partial charge < -0.3 is 9.73 Å². The van der Waals surface area contributed by atoms with Crippen LogP contribution in [0, 0.1) is 31.0 Å². The second kappa shape index (κ2) is 8.08. The van der Waals surface area contributed by atoms with Crippen LogP contribution in [-0.2, 0) is 0 Å². The lowest BCUT2D eigenvalue weighted by atomic mass is 9.98. The summed E-state index contributed by atoms with van der Waals surface area (Å²) >= 11 is 0. The first-order valence-electron chi connectivity index (χ1n) is 9.99. The highest BCUT2D eigenvalue weighted by atomic mass is 19.1. The molecule has 3 aromatic carbocycles. The second-order valence-corrected chi connectivity index (χ2v) is 7.62. The fourth-order valence-corrected chi connectivity index (χ4v) is 3.82. The van der Waals surface area contributed by atoms with Crippen LogP contribution in [0.5, 0.6) is 0 Å². The summed E-state index contributed by atoms with van der Waals surface area (Å²) in [5.41, 5.74) is 3.79. The van der Waals surface area contributed by atoms with Crippen LogP contribution < -0.4 is 10.7 Å². The van der Waals surface area contributed by atoms with E-state index < -0.39 is 5.82 Å². The lowest BCUT2D eigenvalue weighted by Gasteiger charge is -2.19. The van der Waals surface area contributed by atoms with Crippen molar-refractivity contribution in [3.8, 4) is 17.4 Å². The highest BCUT2D eigenvalue weighted by molar-refractivity contribution is 5.84. The molecular weight excluding hydrogens is 391 g/mol. The molecule has 1 N–H and O–H groups in total. The molecule has 5 heteroatoms. The summed E-state index contributed by atoms with van der Waals surface area (Å²) in [6.07, 6.45) is 0. The van der Waals surface area contributed by atoms with E-state index in [1.54, 1.807) is 19.1 Å². The fourth-order valence-electron chi connectivity index (χ4n) is 3.82. The maximum Gasteiger partial charge on any atom is 0.196 e. The van der Waals surface area contributed by atoms with Gasteiger partial charge in [0.1, 0.15) is 28.8 Å². The third-order valence-corrected chi connectivity index (χ3v) is 5.39. The van der Waals surface area contributed by atoms with E-state index >= 15 is 0 Å². The van der Waals surface area contributed by atoms with Crippen molar-refractivity contribution in [2.75, 3.05) is 5.32 Å². The number of nitrogens with one attached hydrogen (secondary N) is 1. The van der Waals surface area contributed by atoms with Crippen LogP contribution in [0.3, 0.4) is 0 Å². The first kappa shape index (κ1) is 20.4. The maximum atomic E-state index is 14.0. The smallest absolute Gasteiger partial charge is 0.196 e. The number of aryl methyl sites for hydroxylation is 1. The second-order valence-electron chi connectivity index (χ2n) is 7.62. The summed E-state index contributed by atoms with van der Waals surface area (Å²) in [6, 6.07) is 19.3. The van der Waals surface area contributed by atoms with Crippen LogP contribution in [0.15, 0.2) is 69.9 Å². The summed E-state index contributed by atoms with van der Waals surface area (Å²) in [5.74, 6) is -0.0545. The molecule has 1 unspecified atom stereocenters. The summed E-state index contributed by atoms with van der Waals surface area (Å²) in [5, 5.41) is 13.0. The van der Waals surface area contributed by atoms with E-state index in [1.807, 2.05) is 62.4 Å². The molecule has 0 saturated carbocycles. The van der Waals surface area contributed by atoms with Gasteiger partial charge in [0.25, 0.3) is 0 Å². The lowest BCUT2D eigenvalue weighted by Crippen LogP contribution is -2.13. The minimum Gasteiger partial charge on any atom is -0.455 e. The number of anilines is 1. The molecule has 4 aromatic rings. The summed E-state index contributed by atoms with van der Waals surface area (Å²) in [7, 11) is 0. The number of hydrogen-bond donors (Lipinski definition) is 1. The van der Waals surface area contributed by atoms with Crippen LogP contribution in [0.25, 0.3) is 22.3 Å². The molecule has 0 spiro atoms. The average Bonchev–Trinajstić information content (AvgIpc) is 2.77. The molecule has 0 aliphatic carbocycles. The minimum atomic E-state index is -0.581. The highest BCUT2D eigenvalue weighted by Crippen LogP contribution is 2.32. The van der Waals surface area contributed by atoms with Gasteiger partial charge in [0.15, 0.2) is 5.43 Å². The van der Waals surface area contributed by atoms with Gasteiger partial charge in [0, 0.05) is 16.7 Å². The topological polar surface area (TPSA) is 66.0 Å². The number of hydrogen-bond acceptors (Lipinski definition) is 4. The van der Waals surface area contributed by atoms with Crippen LogP contribution in [0.4, 0.5) is 10.1 Å². The number of halogens is 1. The Balaban J connectivity index is 1.90. The van der Waals surface area contributed by atoms with Gasteiger partial charge in [-0.1, -0.05) is 42.5 Å². The SMILES string of the molecule is Cc1cc(C(C)Nc2cccc(F)c2C#N)c2oc(-c3ccccc3)c(C)c(=O)c2c1. The van der Waals surface area contributed by atoms with Crippen molar-refractivity contribution in [1.29, 1.82) is 5.26 Å². The summed E-state index contributed by atoms with van der Waals surface area (Å²) in [4.78, 5) is 13.2. The highest BCUT2D eigenvalue weighted by Gasteiger charge is 2.20. The van der Waals surface area contributed by atoms with Crippen LogP contribution in [-0.4, -0.2) is 0 Å². The Bertz CT molecular complexity index is 1380. The third-order valence-electron chi connectivity index (χ3n) is 5.39. The molecule has 0 saturated heterocycles. The molecule has 154 valence electrons. The molecule has 0 fully saturated rings. The quantitative estimate of drug-likeness (QED) is 0.430. The Hall–Kier alpha value is -3.91. The number of benzene rings is 3. The standard InChI is InChI=1S/C26H21FN2O2/c1-15-12-19(17(3)29-23-11-7-10-22(27)21(23)14-28)26-20(13-15)24(30)16(2)25(31-26)18-8-5-4-6-9-18/h4-13,17,29H,1-3H3. The van der Waals surface area contributed by atoms with Crippen LogP contribution in [0.1, 0.15) is 35.2 Å². The molecule has 31 heavy (non-hydrogen) atoms. The van der Waals surface area contributed by atoms with Crippen molar-refractivity contribution in [3.05, 3.63) is 99.0 Å². The Morgan fingerprint density at radius 2 is 1.81 bits per heavy atom.